The molecule has 0 bridgehead atoms. The Balaban J connectivity index is 1.83. The number of hydrazone groups is 1. The molecule has 0 unspecified atom stereocenters. The molecule has 2 N–H and O–H groups in total. The molecule has 0 heterocycles. The SMILES string of the molecule is CC(C)Oc1ccc2ccccc2c1/C=N\NC(=O)[C@H](O)c1ccccc1. The van der Waals surface area contributed by atoms with E-state index in [1.165, 1.54) is 0 Å². The van der Waals surface area contributed by atoms with E-state index in [0.717, 1.165) is 16.3 Å². The Morgan fingerprint density at radius 3 is 2.48 bits per heavy atom. The average Bonchev–Trinajstić information content (AvgIpc) is 2.69. The normalized spacial score (nSPS) is 12.4. The monoisotopic (exact) mass is 362 g/mol. The van der Waals surface area contributed by atoms with Crippen LogP contribution in [0.5, 0.6) is 5.75 Å². The minimum absolute atomic E-state index is 0.00723. The summed E-state index contributed by atoms with van der Waals surface area (Å²) in [6.07, 6.45) is 0.283. The van der Waals surface area contributed by atoms with Crippen LogP contribution in [-0.2, 0) is 4.79 Å². The van der Waals surface area contributed by atoms with Crippen LogP contribution in [0, 0.1) is 0 Å². The molecular formula is C22H22N2O3. The Labute approximate surface area is 158 Å². The molecule has 0 saturated heterocycles. The van der Waals surface area contributed by atoms with Crippen molar-refractivity contribution in [1.29, 1.82) is 0 Å². The molecule has 0 aliphatic rings. The lowest BCUT2D eigenvalue weighted by molar-refractivity contribution is -0.129. The number of nitrogens with one attached hydrogen (secondary N) is 1. The van der Waals surface area contributed by atoms with Crippen LogP contribution in [0.25, 0.3) is 10.8 Å². The fourth-order valence-electron chi connectivity index (χ4n) is 2.77. The maximum absolute atomic E-state index is 12.2. The van der Waals surface area contributed by atoms with E-state index in [4.69, 9.17) is 4.74 Å². The van der Waals surface area contributed by atoms with E-state index >= 15 is 0 Å². The Hall–Kier alpha value is -3.18. The van der Waals surface area contributed by atoms with E-state index in [-0.39, 0.29) is 6.10 Å². The average molecular weight is 362 g/mol. The summed E-state index contributed by atoms with van der Waals surface area (Å²) >= 11 is 0. The molecule has 3 aromatic rings. The molecular weight excluding hydrogens is 340 g/mol. The molecule has 27 heavy (non-hydrogen) atoms. The standard InChI is InChI=1S/C22H22N2O3/c1-15(2)27-20-13-12-16-8-6-7-11-18(16)19(20)14-23-24-22(26)21(25)17-9-4-3-5-10-17/h3-15,21,25H,1-2H3,(H,24,26)/b23-14-/t21-/m1/s1. The van der Waals surface area contributed by atoms with Gasteiger partial charge < -0.3 is 9.84 Å². The van der Waals surface area contributed by atoms with Crippen molar-refractivity contribution in [2.24, 2.45) is 5.10 Å². The second-order valence-corrected chi connectivity index (χ2v) is 6.41. The molecule has 0 saturated carbocycles. The fraction of sp³-hybridized carbons (Fsp3) is 0.182. The van der Waals surface area contributed by atoms with Crippen LogP contribution in [0.3, 0.4) is 0 Å². The number of hydrogen-bond donors (Lipinski definition) is 2. The van der Waals surface area contributed by atoms with Crippen LogP contribution in [0.2, 0.25) is 0 Å². The van der Waals surface area contributed by atoms with Gasteiger partial charge in [-0.3, -0.25) is 4.79 Å². The third-order valence-corrected chi connectivity index (χ3v) is 4.03. The van der Waals surface area contributed by atoms with Crippen LogP contribution in [-0.4, -0.2) is 23.3 Å². The third-order valence-electron chi connectivity index (χ3n) is 4.03. The number of hydrogen-bond acceptors (Lipinski definition) is 4. The molecule has 0 radical (unpaired) electrons. The van der Waals surface area contributed by atoms with Crippen molar-refractivity contribution in [3.63, 3.8) is 0 Å². The number of fused-ring (bicyclic) bond motifs is 1. The van der Waals surface area contributed by atoms with Gasteiger partial charge in [-0.25, -0.2) is 5.43 Å². The van der Waals surface area contributed by atoms with Crippen molar-refractivity contribution < 1.29 is 14.6 Å². The first-order valence-corrected chi connectivity index (χ1v) is 8.80. The fourth-order valence-corrected chi connectivity index (χ4v) is 2.77. The lowest BCUT2D eigenvalue weighted by atomic mass is 10.0. The van der Waals surface area contributed by atoms with Gasteiger partial charge in [-0.1, -0.05) is 60.7 Å². The van der Waals surface area contributed by atoms with Gasteiger partial charge >= 0.3 is 0 Å². The number of carbonyl (C=O) groups is 1. The first-order chi connectivity index (χ1) is 13.1. The molecule has 5 heteroatoms. The Bertz CT molecular complexity index is 952. The van der Waals surface area contributed by atoms with E-state index < -0.39 is 12.0 Å². The van der Waals surface area contributed by atoms with Gasteiger partial charge in [0.05, 0.1) is 12.3 Å². The van der Waals surface area contributed by atoms with E-state index in [1.54, 1.807) is 30.5 Å². The summed E-state index contributed by atoms with van der Waals surface area (Å²) in [5, 5.41) is 16.2. The summed E-state index contributed by atoms with van der Waals surface area (Å²) in [6.45, 7) is 3.90. The predicted molar refractivity (Wildman–Crippen MR) is 107 cm³/mol. The Kier molecular flexibility index (Phi) is 5.84. The summed E-state index contributed by atoms with van der Waals surface area (Å²) in [4.78, 5) is 12.2. The molecule has 0 aliphatic heterocycles. The third kappa shape index (κ3) is 4.51. The van der Waals surface area contributed by atoms with Crippen molar-refractivity contribution in [1.82, 2.24) is 5.43 Å². The highest BCUT2D eigenvalue weighted by Crippen LogP contribution is 2.27. The van der Waals surface area contributed by atoms with Crippen molar-refractivity contribution in [2.75, 3.05) is 0 Å². The van der Waals surface area contributed by atoms with E-state index in [0.29, 0.717) is 11.3 Å². The highest BCUT2D eigenvalue weighted by Gasteiger charge is 2.16. The number of carbonyl (C=O) groups excluding carboxylic acids is 1. The molecule has 0 aromatic heterocycles. The van der Waals surface area contributed by atoms with Crippen molar-refractivity contribution in [3.8, 4) is 5.75 Å². The highest BCUT2D eigenvalue weighted by molar-refractivity contribution is 6.02. The van der Waals surface area contributed by atoms with Gasteiger partial charge in [0.25, 0.3) is 5.91 Å². The van der Waals surface area contributed by atoms with Gasteiger partial charge in [0.1, 0.15) is 5.75 Å². The van der Waals surface area contributed by atoms with Gasteiger partial charge in [-0.05, 0) is 36.2 Å². The lowest BCUT2D eigenvalue weighted by Crippen LogP contribution is -2.25. The molecule has 1 atom stereocenters. The van der Waals surface area contributed by atoms with Crippen LogP contribution in [0.4, 0.5) is 0 Å². The van der Waals surface area contributed by atoms with E-state index in [9.17, 15) is 9.90 Å². The second-order valence-electron chi connectivity index (χ2n) is 6.41. The first kappa shape index (κ1) is 18.6. The summed E-state index contributed by atoms with van der Waals surface area (Å²) < 4.78 is 5.87. The zero-order valence-corrected chi connectivity index (χ0v) is 15.3. The minimum atomic E-state index is -1.28. The number of ether oxygens (including phenoxy) is 1. The van der Waals surface area contributed by atoms with Crippen LogP contribution in [0.1, 0.15) is 31.1 Å². The molecule has 3 aromatic carbocycles. The largest absolute Gasteiger partial charge is 0.490 e. The van der Waals surface area contributed by atoms with E-state index in [1.807, 2.05) is 56.3 Å². The summed E-state index contributed by atoms with van der Waals surface area (Å²) in [7, 11) is 0. The van der Waals surface area contributed by atoms with E-state index in [2.05, 4.69) is 10.5 Å². The van der Waals surface area contributed by atoms with Crippen molar-refractivity contribution in [2.45, 2.75) is 26.1 Å². The highest BCUT2D eigenvalue weighted by atomic mass is 16.5. The number of aliphatic hydroxyl groups is 1. The number of nitrogens with zero attached hydrogens (tertiary/aromatic N) is 1. The zero-order chi connectivity index (χ0) is 19.2. The number of benzene rings is 3. The maximum Gasteiger partial charge on any atom is 0.273 e. The molecule has 0 spiro atoms. The molecule has 1 amide bonds. The van der Waals surface area contributed by atoms with Crippen molar-refractivity contribution in [3.05, 3.63) is 77.9 Å². The molecule has 0 aliphatic carbocycles. The molecule has 138 valence electrons. The van der Waals surface area contributed by atoms with Crippen LogP contribution < -0.4 is 10.2 Å². The minimum Gasteiger partial charge on any atom is -0.490 e. The van der Waals surface area contributed by atoms with Crippen LogP contribution in [0.15, 0.2) is 71.8 Å². The lowest BCUT2D eigenvalue weighted by Gasteiger charge is -2.14. The number of amides is 1. The van der Waals surface area contributed by atoms with Gasteiger partial charge in [-0.15, -0.1) is 0 Å². The number of aliphatic hydroxyl groups excluding tert-OH is 1. The van der Waals surface area contributed by atoms with Gasteiger partial charge in [0, 0.05) is 5.56 Å². The maximum atomic E-state index is 12.2. The Morgan fingerprint density at radius 2 is 1.74 bits per heavy atom. The Morgan fingerprint density at radius 1 is 1.04 bits per heavy atom. The van der Waals surface area contributed by atoms with Gasteiger partial charge in [0.15, 0.2) is 6.10 Å². The quantitative estimate of drug-likeness (QED) is 0.517. The van der Waals surface area contributed by atoms with Crippen molar-refractivity contribution >= 4 is 22.9 Å². The summed E-state index contributed by atoms with van der Waals surface area (Å²) in [6, 6.07) is 20.5. The molecule has 5 nitrogen and oxygen atoms in total. The van der Waals surface area contributed by atoms with Gasteiger partial charge in [0.2, 0.25) is 0 Å². The number of rotatable bonds is 6. The van der Waals surface area contributed by atoms with Gasteiger partial charge in [-0.2, -0.15) is 5.10 Å². The topological polar surface area (TPSA) is 70.9 Å². The summed E-state index contributed by atoms with van der Waals surface area (Å²) in [5.41, 5.74) is 3.69. The summed E-state index contributed by atoms with van der Waals surface area (Å²) in [5.74, 6) is 0.0920. The predicted octanol–water partition coefficient (Wildman–Crippen LogP) is 3.81. The smallest absolute Gasteiger partial charge is 0.273 e. The molecule has 0 fully saturated rings. The second kappa shape index (κ2) is 8.47. The molecule has 3 rings (SSSR count). The zero-order valence-electron chi connectivity index (χ0n) is 15.3. The first-order valence-electron chi connectivity index (χ1n) is 8.80. The van der Waals surface area contributed by atoms with Crippen LogP contribution >= 0.6 is 0 Å².